The lowest BCUT2D eigenvalue weighted by Gasteiger charge is -2.12. The topological polar surface area (TPSA) is 84.9 Å². The Morgan fingerprint density at radius 1 is 1.40 bits per heavy atom. The molecule has 0 spiro atoms. The van der Waals surface area contributed by atoms with Crippen LogP contribution in [0.15, 0.2) is 0 Å². The quantitative estimate of drug-likeness (QED) is 0.555. The minimum absolute atomic E-state index is 0.127. The molecule has 0 unspecified atom stereocenters. The highest BCUT2D eigenvalue weighted by Gasteiger charge is 2.51. The molecule has 0 saturated heterocycles. The van der Waals surface area contributed by atoms with E-state index in [1.54, 1.807) is 0 Å². The summed E-state index contributed by atoms with van der Waals surface area (Å²) >= 11 is 0. The summed E-state index contributed by atoms with van der Waals surface area (Å²) in [5, 5.41) is 11.2. The molecule has 15 heavy (non-hydrogen) atoms. The second-order valence-electron chi connectivity index (χ2n) is 3.48. The Morgan fingerprint density at radius 3 is 2.53 bits per heavy atom. The molecule has 0 heterocycles. The van der Waals surface area contributed by atoms with Crippen LogP contribution in [-0.2, 0) is 19.1 Å². The van der Waals surface area contributed by atoms with Crippen LogP contribution in [0.1, 0.15) is 12.8 Å². The molecule has 0 atom stereocenters. The van der Waals surface area contributed by atoms with Crippen LogP contribution in [0.4, 0.5) is 0 Å². The Balaban J connectivity index is 2.16. The number of carboxylic acids is 1. The summed E-state index contributed by atoms with van der Waals surface area (Å²) in [5.41, 5.74) is -1.03. The SMILES string of the molecule is COCCOCC(=O)NC1(C(=O)O)CC1. The molecule has 1 rings (SSSR count). The van der Waals surface area contributed by atoms with Gasteiger partial charge in [-0.15, -0.1) is 0 Å². The van der Waals surface area contributed by atoms with Crippen LogP contribution in [0.5, 0.6) is 0 Å². The maximum atomic E-state index is 11.2. The third-order valence-electron chi connectivity index (χ3n) is 2.20. The van der Waals surface area contributed by atoms with E-state index in [4.69, 9.17) is 14.6 Å². The van der Waals surface area contributed by atoms with Gasteiger partial charge in [-0.2, -0.15) is 0 Å². The summed E-state index contributed by atoms with van der Waals surface area (Å²) in [6.45, 7) is 0.611. The highest BCUT2D eigenvalue weighted by atomic mass is 16.5. The molecule has 1 aliphatic rings. The van der Waals surface area contributed by atoms with E-state index in [0.717, 1.165) is 0 Å². The Labute approximate surface area is 87.5 Å². The molecule has 0 bridgehead atoms. The Bertz CT molecular complexity index is 249. The van der Waals surface area contributed by atoms with E-state index in [9.17, 15) is 9.59 Å². The van der Waals surface area contributed by atoms with Crippen LogP contribution in [0.2, 0.25) is 0 Å². The first kappa shape index (κ1) is 11.9. The predicted molar refractivity (Wildman–Crippen MR) is 50.4 cm³/mol. The van der Waals surface area contributed by atoms with Gasteiger partial charge in [0.1, 0.15) is 12.1 Å². The van der Waals surface area contributed by atoms with Crippen molar-refractivity contribution in [2.45, 2.75) is 18.4 Å². The lowest BCUT2D eigenvalue weighted by Crippen LogP contribution is -2.44. The maximum Gasteiger partial charge on any atom is 0.329 e. The van der Waals surface area contributed by atoms with Gasteiger partial charge in [0.2, 0.25) is 5.91 Å². The lowest BCUT2D eigenvalue weighted by molar-refractivity contribution is -0.144. The maximum absolute atomic E-state index is 11.2. The van der Waals surface area contributed by atoms with Crippen LogP contribution in [0, 0.1) is 0 Å². The lowest BCUT2D eigenvalue weighted by atomic mass is 10.3. The summed E-state index contributed by atoms with van der Waals surface area (Å²) < 4.78 is 9.68. The largest absolute Gasteiger partial charge is 0.480 e. The van der Waals surface area contributed by atoms with Crippen LogP contribution in [0.25, 0.3) is 0 Å². The fourth-order valence-electron chi connectivity index (χ4n) is 1.13. The van der Waals surface area contributed by atoms with Gasteiger partial charge in [-0.05, 0) is 12.8 Å². The van der Waals surface area contributed by atoms with Crippen molar-refractivity contribution in [3.05, 3.63) is 0 Å². The molecule has 1 aliphatic carbocycles. The highest BCUT2D eigenvalue weighted by molar-refractivity contribution is 5.89. The van der Waals surface area contributed by atoms with Crippen molar-refractivity contribution in [3.8, 4) is 0 Å². The van der Waals surface area contributed by atoms with Crippen molar-refractivity contribution >= 4 is 11.9 Å². The molecular weight excluding hydrogens is 202 g/mol. The van der Waals surface area contributed by atoms with Crippen LogP contribution >= 0.6 is 0 Å². The van der Waals surface area contributed by atoms with E-state index in [0.29, 0.717) is 26.1 Å². The molecule has 6 nitrogen and oxygen atoms in total. The fourth-order valence-corrected chi connectivity index (χ4v) is 1.13. The first-order chi connectivity index (χ1) is 7.10. The van der Waals surface area contributed by atoms with Gasteiger partial charge in [-0.1, -0.05) is 0 Å². The fraction of sp³-hybridized carbons (Fsp3) is 0.778. The third-order valence-corrected chi connectivity index (χ3v) is 2.20. The number of nitrogens with one attached hydrogen (secondary N) is 1. The third kappa shape index (κ3) is 3.49. The van der Waals surface area contributed by atoms with Gasteiger partial charge < -0.3 is 19.9 Å². The number of hydrogen-bond acceptors (Lipinski definition) is 4. The molecule has 0 aromatic heterocycles. The first-order valence-electron chi connectivity index (χ1n) is 4.72. The Hall–Kier alpha value is -1.14. The predicted octanol–water partition coefficient (Wildman–Crippen LogP) is -0.617. The van der Waals surface area contributed by atoms with Crippen molar-refractivity contribution < 1.29 is 24.2 Å². The van der Waals surface area contributed by atoms with E-state index < -0.39 is 17.4 Å². The molecule has 0 aromatic carbocycles. The van der Waals surface area contributed by atoms with Gasteiger partial charge >= 0.3 is 5.97 Å². The van der Waals surface area contributed by atoms with Gasteiger partial charge in [0.05, 0.1) is 13.2 Å². The van der Waals surface area contributed by atoms with Crippen molar-refractivity contribution in [3.63, 3.8) is 0 Å². The Kier molecular flexibility index (Phi) is 4.05. The van der Waals surface area contributed by atoms with E-state index in [1.807, 2.05) is 0 Å². The molecule has 0 aliphatic heterocycles. The van der Waals surface area contributed by atoms with E-state index >= 15 is 0 Å². The summed E-state index contributed by atoms with van der Waals surface area (Å²) in [7, 11) is 1.53. The number of hydrogen-bond donors (Lipinski definition) is 2. The number of rotatable bonds is 7. The van der Waals surface area contributed by atoms with E-state index in [2.05, 4.69) is 5.32 Å². The van der Waals surface area contributed by atoms with Crippen molar-refractivity contribution in [1.82, 2.24) is 5.32 Å². The number of carbonyl (C=O) groups is 2. The first-order valence-corrected chi connectivity index (χ1v) is 4.72. The number of carbonyl (C=O) groups excluding carboxylic acids is 1. The zero-order valence-corrected chi connectivity index (χ0v) is 8.62. The second kappa shape index (κ2) is 5.09. The normalized spacial score (nSPS) is 17.1. The second-order valence-corrected chi connectivity index (χ2v) is 3.48. The van der Waals surface area contributed by atoms with Gasteiger partial charge in [0.25, 0.3) is 0 Å². The summed E-state index contributed by atoms with van der Waals surface area (Å²) in [5.74, 6) is -1.38. The average molecular weight is 217 g/mol. The van der Waals surface area contributed by atoms with Crippen molar-refractivity contribution in [1.29, 1.82) is 0 Å². The molecular formula is C9H15NO5. The van der Waals surface area contributed by atoms with E-state index in [-0.39, 0.29) is 6.61 Å². The van der Waals surface area contributed by atoms with Gasteiger partial charge in [0, 0.05) is 7.11 Å². The molecule has 1 fully saturated rings. The number of carboxylic acid groups (broad SMARTS) is 1. The highest BCUT2D eigenvalue weighted by Crippen LogP contribution is 2.35. The summed E-state index contributed by atoms with van der Waals surface area (Å²) in [6.07, 6.45) is 0.984. The monoisotopic (exact) mass is 217 g/mol. The van der Waals surface area contributed by atoms with Gasteiger partial charge in [-0.3, -0.25) is 4.79 Å². The number of methoxy groups -OCH3 is 1. The average Bonchev–Trinajstić information content (AvgIpc) is 2.93. The van der Waals surface area contributed by atoms with Crippen LogP contribution < -0.4 is 5.32 Å². The number of amides is 1. The molecule has 1 amide bonds. The van der Waals surface area contributed by atoms with Gasteiger partial charge in [0.15, 0.2) is 0 Å². The summed E-state index contributed by atoms with van der Waals surface area (Å²) in [4.78, 5) is 21.9. The minimum Gasteiger partial charge on any atom is -0.480 e. The summed E-state index contributed by atoms with van der Waals surface area (Å²) in [6, 6.07) is 0. The molecule has 0 radical (unpaired) electrons. The number of aliphatic carboxylic acids is 1. The van der Waals surface area contributed by atoms with Gasteiger partial charge in [-0.25, -0.2) is 4.79 Å². The molecule has 6 heteroatoms. The van der Waals surface area contributed by atoms with Crippen molar-refractivity contribution in [2.24, 2.45) is 0 Å². The zero-order chi connectivity index (χ0) is 11.3. The van der Waals surface area contributed by atoms with Crippen LogP contribution in [-0.4, -0.2) is 49.5 Å². The van der Waals surface area contributed by atoms with Crippen molar-refractivity contribution in [2.75, 3.05) is 26.9 Å². The molecule has 0 aromatic rings. The van der Waals surface area contributed by atoms with Crippen LogP contribution in [0.3, 0.4) is 0 Å². The molecule has 86 valence electrons. The zero-order valence-electron chi connectivity index (χ0n) is 8.62. The number of ether oxygens (including phenoxy) is 2. The molecule has 1 saturated carbocycles. The minimum atomic E-state index is -1.03. The smallest absolute Gasteiger partial charge is 0.329 e. The Morgan fingerprint density at radius 2 is 2.07 bits per heavy atom. The van der Waals surface area contributed by atoms with E-state index in [1.165, 1.54) is 7.11 Å². The molecule has 2 N–H and O–H groups in total. The standard InChI is InChI=1S/C9H15NO5/c1-14-4-5-15-6-7(11)10-9(2-3-9)8(12)13/h2-6H2,1H3,(H,10,11)(H,12,13).